The summed E-state index contributed by atoms with van der Waals surface area (Å²) in [7, 11) is 0. The Labute approximate surface area is 146 Å². The minimum atomic E-state index is -1.13. The van der Waals surface area contributed by atoms with Crippen molar-refractivity contribution in [3.8, 4) is 10.4 Å². The molecule has 0 atom stereocenters. The van der Waals surface area contributed by atoms with Crippen molar-refractivity contribution in [1.29, 1.82) is 0 Å². The van der Waals surface area contributed by atoms with E-state index in [0.717, 1.165) is 15.0 Å². The molecule has 8 heteroatoms. The van der Waals surface area contributed by atoms with E-state index >= 15 is 0 Å². The van der Waals surface area contributed by atoms with Crippen LogP contribution < -0.4 is 10.9 Å². The number of amides is 1. The summed E-state index contributed by atoms with van der Waals surface area (Å²) in [5.74, 6) is -1.47. The maximum Gasteiger partial charge on any atom is 0.323 e. The lowest BCUT2D eigenvalue weighted by Gasteiger charge is -2.07. The highest BCUT2D eigenvalue weighted by Gasteiger charge is 2.12. The normalized spacial score (nSPS) is 10.4. The maximum absolute atomic E-state index is 12.4. The number of thiophene rings is 1. The molecule has 0 saturated carbocycles. The van der Waals surface area contributed by atoms with E-state index in [1.165, 1.54) is 29.7 Å². The minimum absolute atomic E-state index is 0.333. The summed E-state index contributed by atoms with van der Waals surface area (Å²) in [6, 6.07) is 9.92. The highest BCUT2D eigenvalue weighted by molar-refractivity contribution is 7.17. The van der Waals surface area contributed by atoms with Gasteiger partial charge in [0.2, 0.25) is 0 Å². The van der Waals surface area contributed by atoms with Gasteiger partial charge in [-0.3, -0.25) is 19.4 Å². The van der Waals surface area contributed by atoms with Gasteiger partial charge in [0.15, 0.2) is 0 Å². The van der Waals surface area contributed by atoms with Crippen LogP contribution in [0.5, 0.6) is 0 Å². The molecule has 0 bridgehead atoms. The molecule has 3 heterocycles. The monoisotopic (exact) mass is 355 g/mol. The largest absolute Gasteiger partial charge is 0.480 e. The molecule has 0 fully saturated rings. The third kappa shape index (κ3) is 3.99. The van der Waals surface area contributed by atoms with Gasteiger partial charge in [-0.2, -0.15) is 0 Å². The standard InChI is InChI=1S/C17H13N3O4S/c21-15-6-3-12(9-20(15)10-16(22)23)19-17(24)14-5-4-13(25-14)11-2-1-7-18-8-11/h1-9H,10H2,(H,19,24)(H,22,23). The number of carboxylic acid groups (broad SMARTS) is 1. The van der Waals surface area contributed by atoms with Crippen molar-refractivity contribution in [2.45, 2.75) is 6.54 Å². The summed E-state index contributed by atoms with van der Waals surface area (Å²) in [6.07, 6.45) is 4.70. The van der Waals surface area contributed by atoms with Crippen LogP contribution in [-0.4, -0.2) is 26.5 Å². The van der Waals surface area contributed by atoms with E-state index in [2.05, 4.69) is 10.3 Å². The summed E-state index contributed by atoms with van der Waals surface area (Å²) >= 11 is 1.32. The molecule has 1 amide bonds. The molecule has 0 aliphatic heterocycles. The summed E-state index contributed by atoms with van der Waals surface area (Å²) in [5, 5.41) is 11.5. The van der Waals surface area contributed by atoms with Crippen LogP contribution in [0.2, 0.25) is 0 Å². The molecule has 0 aliphatic carbocycles. The van der Waals surface area contributed by atoms with Crippen LogP contribution in [0.15, 0.2) is 59.8 Å². The van der Waals surface area contributed by atoms with Crippen LogP contribution in [0.4, 0.5) is 5.69 Å². The number of nitrogens with zero attached hydrogens (tertiary/aromatic N) is 2. The summed E-state index contributed by atoms with van der Waals surface area (Å²) < 4.78 is 1.02. The average molecular weight is 355 g/mol. The highest BCUT2D eigenvalue weighted by atomic mass is 32.1. The first kappa shape index (κ1) is 16.6. The molecule has 7 nitrogen and oxygen atoms in total. The zero-order chi connectivity index (χ0) is 17.8. The van der Waals surface area contributed by atoms with Crippen LogP contribution in [0.1, 0.15) is 9.67 Å². The van der Waals surface area contributed by atoms with Crippen molar-refractivity contribution >= 4 is 28.9 Å². The first-order chi connectivity index (χ1) is 12.0. The minimum Gasteiger partial charge on any atom is -0.480 e. The predicted molar refractivity (Wildman–Crippen MR) is 93.8 cm³/mol. The maximum atomic E-state index is 12.4. The van der Waals surface area contributed by atoms with Gasteiger partial charge in [-0.15, -0.1) is 11.3 Å². The molecule has 0 unspecified atom stereocenters. The lowest BCUT2D eigenvalue weighted by molar-refractivity contribution is -0.137. The Balaban J connectivity index is 1.78. The molecule has 3 rings (SSSR count). The lowest BCUT2D eigenvalue weighted by atomic mass is 10.2. The first-order valence-electron chi connectivity index (χ1n) is 7.27. The molecular formula is C17H13N3O4S. The van der Waals surface area contributed by atoms with Crippen molar-refractivity contribution in [1.82, 2.24) is 9.55 Å². The van der Waals surface area contributed by atoms with Gasteiger partial charge in [0.05, 0.1) is 10.6 Å². The molecular weight excluding hydrogens is 342 g/mol. The number of aromatic nitrogens is 2. The second kappa shape index (κ2) is 7.10. The molecule has 2 N–H and O–H groups in total. The fourth-order valence-electron chi connectivity index (χ4n) is 2.19. The van der Waals surface area contributed by atoms with Crippen molar-refractivity contribution in [2.75, 3.05) is 5.32 Å². The van der Waals surface area contributed by atoms with Gasteiger partial charge in [-0.25, -0.2) is 0 Å². The van der Waals surface area contributed by atoms with Crippen molar-refractivity contribution in [2.24, 2.45) is 0 Å². The Morgan fingerprint density at radius 1 is 1.20 bits per heavy atom. The van der Waals surface area contributed by atoms with Gasteiger partial charge in [0.1, 0.15) is 6.54 Å². The van der Waals surface area contributed by atoms with Crippen LogP contribution in [0, 0.1) is 0 Å². The fraction of sp³-hybridized carbons (Fsp3) is 0.0588. The second-order valence-electron chi connectivity index (χ2n) is 5.14. The van der Waals surface area contributed by atoms with E-state index in [0.29, 0.717) is 10.6 Å². The number of carbonyl (C=O) groups excluding carboxylic acids is 1. The van der Waals surface area contributed by atoms with E-state index in [1.54, 1.807) is 18.5 Å². The summed E-state index contributed by atoms with van der Waals surface area (Å²) in [6.45, 7) is -0.466. The van der Waals surface area contributed by atoms with Gasteiger partial charge in [0.25, 0.3) is 11.5 Å². The topological polar surface area (TPSA) is 101 Å². The van der Waals surface area contributed by atoms with Crippen LogP contribution in [0.25, 0.3) is 10.4 Å². The molecule has 126 valence electrons. The van der Waals surface area contributed by atoms with Crippen molar-refractivity contribution < 1.29 is 14.7 Å². The second-order valence-corrected chi connectivity index (χ2v) is 6.22. The third-order valence-electron chi connectivity index (χ3n) is 3.32. The average Bonchev–Trinajstić information content (AvgIpc) is 3.08. The Morgan fingerprint density at radius 3 is 2.76 bits per heavy atom. The van der Waals surface area contributed by atoms with Crippen LogP contribution in [-0.2, 0) is 11.3 Å². The Kier molecular flexibility index (Phi) is 4.71. The number of carbonyl (C=O) groups is 2. The van der Waals surface area contributed by atoms with Gasteiger partial charge in [-0.1, -0.05) is 6.07 Å². The highest BCUT2D eigenvalue weighted by Crippen LogP contribution is 2.27. The fourth-order valence-corrected chi connectivity index (χ4v) is 3.08. The molecule has 3 aromatic heterocycles. The number of hydrogen-bond acceptors (Lipinski definition) is 5. The summed E-state index contributed by atoms with van der Waals surface area (Å²) in [4.78, 5) is 40.2. The molecule has 0 radical (unpaired) electrons. The Bertz CT molecular complexity index is 979. The van der Waals surface area contributed by atoms with Crippen LogP contribution >= 0.6 is 11.3 Å². The summed E-state index contributed by atoms with van der Waals surface area (Å²) in [5.41, 5.74) is 0.819. The smallest absolute Gasteiger partial charge is 0.323 e. The first-order valence-corrected chi connectivity index (χ1v) is 8.08. The van der Waals surface area contributed by atoms with Crippen molar-refractivity contribution in [3.05, 3.63) is 70.2 Å². The molecule has 0 aliphatic rings. The van der Waals surface area contributed by atoms with Gasteiger partial charge >= 0.3 is 5.97 Å². The van der Waals surface area contributed by atoms with E-state index < -0.39 is 18.1 Å². The Hall–Kier alpha value is -3.26. The number of aliphatic carboxylic acids is 1. The molecule has 25 heavy (non-hydrogen) atoms. The van der Waals surface area contributed by atoms with Gasteiger partial charge < -0.3 is 15.0 Å². The number of anilines is 1. The van der Waals surface area contributed by atoms with E-state index in [-0.39, 0.29) is 5.91 Å². The third-order valence-corrected chi connectivity index (χ3v) is 4.46. The molecule has 0 spiro atoms. The number of nitrogens with one attached hydrogen (secondary N) is 1. The molecule has 0 aromatic carbocycles. The van der Waals surface area contributed by atoms with E-state index in [9.17, 15) is 14.4 Å². The number of hydrogen-bond donors (Lipinski definition) is 2. The zero-order valence-electron chi connectivity index (χ0n) is 12.9. The number of carboxylic acids is 1. The number of pyridine rings is 2. The SMILES string of the molecule is O=C(O)Cn1cc(NC(=O)c2ccc(-c3cccnc3)s2)ccc1=O. The zero-order valence-corrected chi connectivity index (χ0v) is 13.7. The van der Waals surface area contributed by atoms with Crippen molar-refractivity contribution in [3.63, 3.8) is 0 Å². The van der Waals surface area contributed by atoms with Gasteiger partial charge in [0, 0.05) is 35.1 Å². The quantitative estimate of drug-likeness (QED) is 0.731. The Morgan fingerprint density at radius 2 is 2.04 bits per heavy atom. The van der Waals surface area contributed by atoms with Gasteiger partial charge in [-0.05, 0) is 24.3 Å². The predicted octanol–water partition coefficient (Wildman–Crippen LogP) is 2.31. The number of rotatable bonds is 5. The molecule has 3 aromatic rings. The lowest BCUT2D eigenvalue weighted by Crippen LogP contribution is -2.23. The van der Waals surface area contributed by atoms with E-state index in [1.807, 2.05) is 18.2 Å². The van der Waals surface area contributed by atoms with Crippen LogP contribution in [0.3, 0.4) is 0 Å². The molecule has 0 saturated heterocycles. The van der Waals surface area contributed by atoms with E-state index in [4.69, 9.17) is 5.11 Å².